The van der Waals surface area contributed by atoms with Gasteiger partial charge < -0.3 is 9.64 Å². The first-order valence-corrected chi connectivity index (χ1v) is 9.44. The van der Waals surface area contributed by atoms with Crippen molar-refractivity contribution in [2.75, 3.05) is 19.8 Å². The number of nitrogens with zero attached hydrogens (tertiary/aromatic N) is 3. The maximum Gasteiger partial charge on any atom is 0.274 e. The third kappa shape index (κ3) is 3.15. The molecule has 23 heavy (non-hydrogen) atoms. The van der Waals surface area contributed by atoms with Crippen molar-refractivity contribution in [2.45, 2.75) is 50.5 Å². The summed E-state index contributed by atoms with van der Waals surface area (Å²) in [6.07, 6.45) is 8.35. The predicted octanol–water partition coefficient (Wildman–Crippen LogP) is 3.15. The first-order chi connectivity index (χ1) is 11.2. The monoisotopic (exact) mass is 379 g/mol. The molecule has 0 aromatic carbocycles. The molecule has 3 aliphatic rings. The van der Waals surface area contributed by atoms with Gasteiger partial charge >= 0.3 is 0 Å². The molecule has 3 heterocycles. The number of amides is 1. The normalized spacial score (nSPS) is 25.8. The molecule has 1 aromatic heterocycles. The minimum absolute atomic E-state index is 0.0650. The largest absolute Gasteiger partial charge is 0.381 e. The Labute approximate surface area is 144 Å². The zero-order chi connectivity index (χ0) is 15.8. The number of hydrogen-bond acceptors (Lipinski definition) is 4. The lowest BCUT2D eigenvalue weighted by molar-refractivity contribution is 0.0320. The van der Waals surface area contributed by atoms with Crippen LogP contribution in [0.5, 0.6) is 0 Å². The second-order valence-corrected chi connectivity index (χ2v) is 7.71. The SMILES string of the molecule is O=C(c1nc(C2CC2)ncc1Br)N1CCCC1C1CCOCC1. The second-order valence-electron chi connectivity index (χ2n) is 6.86. The molecule has 1 unspecified atom stereocenters. The quantitative estimate of drug-likeness (QED) is 0.809. The third-order valence-corrected chi connectivity index (χ3v) is 5.86. The van der Waals surface area contributed by atoms with Crippen LogP contribution in [0.15, 0.2) is 10.7 Å². The Hall–Kier alpha value is -1.01. The lowest BCUT2D eigenvalue weighted by Gasteiger charge is -2.34. The van der Waals surface area contributed by atoms with E-state index in [1.54, 1.807) is 6.20 Å². The van der Waals surface area contributed by atoms with Gasteiger partial charge in [-0.2, -0.15) is 0 Å². The number of aromatic nitrogens is 2. The van der Waals surface area contributed by atoms with Gasteiger partial charge in [0.05, 0.1) is 4.47 Å². The molecule has 0 bridgehead atoms. The Balaban J connectivity index is 1.56. The van der Waals surface area contributed by atoms with E-state index >= 15 is 0 Å². The molecule has 1 aliphatic carbocycles. The molecule has 1 amide bonds. The molecule has 124 valence electrons. The van der Waals surface area contributed by atoms with Crippen LogP contribution < -0.4 is 0 Å². The second kappa shape index (κ2) is 6.48. The molecule has 3 fully saturated rings. The van der Waals surface area contributed by atoms with Crippen molar-refractivity contribution in [3.63, 3.8) is 0 Å². The summed E-state index contributed by atoms with van der Waals surface area (Å²) in [4.78, 5) is 24.1. The summed E-state index contributed by atoms with van der Waals surface area (Å²) >= 11 is 3.47. The van der Waals surface area contributed by atoms with Gasteiger partial charge in [0.15, 0.2) is 0 Å². The highest BCUT2D eigenvalue weighted by atomic mass is 79.9. The van der Waals surface area contributed by atoms with Gasteiger partial charge in [-0.15, -0.1) is 0 Å². The Morgan fingerprint density at radius 2 is 2.00 bits per heavy atom. The number of ether oxygens (including phenoxy) is 1. The van der Waals surface area contributed by atoms with E-state index in [9.17, 15) is 4.79 Å². The van der Waals surface area contributed by atoms with Gasteiger partial charge in [0.1, 0.15) is 11.5 Å². The third-order valence-electron chi connectivity index (χ3n) is 5.28. The van der Waals surface area contributed by atoms with Crippen LogP contribution in [0.3, 0.4) is 0 Å². The van der Waals surface area contributed by atoms with Crippen molar-refractivity contribution < 1.29 is 9.53 Å². The lowest BCUT2D eigenvalue weighted by atomic mass is 9.90. The Morgan fingerprint density at radius 3 is 2.74 bits per heavy atom. The molecule has 0 N–H and O–H groups in total. The van der Waals surface area contributed by atoms with Crippen LogP contribution in [-0.2, 0) is 4.74 Å². The summed E-state index contributed by atoms with van der Waals surface area (Å²) in [7, 11) is 0. The average Bonchev–Trinajstić information content (AvgIpc) is 3.32. The van der Waals surface area contributed by atoms with Crippen LogP contribution in [0.4, 0.5) is 0 Å². The molecule has 2 aliphatic heterocycles. The Bertz CT molecular complexity index is 600. The number of hydrogen-bond donors (Lipinski definition) is 0. The fraction of sp³-hybridized carbons (Fsp3) is 0.706. The number of carbonyl (C=O) groups is 1. The maximum atomic E-state index is 13.1. The Morgan fingerprint density at radius 1 is 1.22 bits per heavy atom. The zero-order valence-corrected chi connectivity index (χ0v) is 14.8. The van der Waals surface area contributed by atoms with Crippen molar-refractivity contribution in [3.05, 3.63) is 22.2 Å². The molecule has 4 rings (SSSR count). The van der Waals surface area contributed by atoms with E-state index in [0.717, 1.165) is 64.1 Å². The van der Waals surface area contributed by atoms with E-state index in [2.05, 4.69) is 30.8 Å². The van der Waals surface area contributed by atoms with Crippen LogP contribution in [0, 0.1) is 5.92 Å². The molecule has 1 saturated carbocycles. The smallest absolute Gasteiger partial charge is 0.274 e. The van der Waals surface area contributed by atoms with Crippen molar-refractivity contribution in [3.8, 4) is 0 Å². The molecule has 1 aromatic rings. The summed E-state index contributed by atoms with van der Waals surface area (Å²) in [5.41, 5.74) is 0.542. The highest BCUT2D eigenvalue weighted by molar-refractivity contribution is 9.10. The van der Waals surface area contributed by atoms with Gasteiger partial charge in [0.25, 0.3) is 5.91 Å². The summed E-state index contributed by atoms with van der Waals surface area (Å²) in [5, 5.41) is 0. The standard InChI is InChI=1S/C17H22BrN3O2/c18-13-10-19-16(12-3-4-12)20-15(13)17(22)21-7-1-2-14(21)11-5-8-23-9-6-11/h10-12,14H,1-9H2. The first kappa shape index (κ1) is 15.5. The van der Waals surface area contributed by atoms with E-state index in [4.69, 9.17) is 4.74 Å². The van der Waals surface area contributed by atoms with Gasteiger partial charge in [-0.1, -0.05) is 0 Å². The van der Waals surface area contributed by atoms with Gasteiger partial charge in [-0.25, -0.2) is 9.97 Å². The van der Waals surface area contributed by atoms with Crippen molar-refractivity contribution >= 4 is 21.8 Å². The summed E-state index contributed by atoms with van der Waals surface area (Å²) < 4.78 is 6.19. The van der Waals surface area contributed by atoms with Crippen molar-refractivity contribution in [2.24, 2.45) is 5.92 Å². The number of likely N-dealkylation sites (tertiary alicyclic amines) is 1. The molecular formula is C17H22BrN3O2. The summed E-state index contributed by atoms with van der Waals surface area (Å²) in [5.74, 6) is 1.92. The van der Waals surface area contributed by atoms with Gasteiger partial charge in [-0.05, 0) is 60.4 Å². The molecule has 0 spiro atoms. The van der Waals surface area contributed by atoms with E-state index in [-0.39, 0.29) is 5.91 Å². The van der Waals surface area contributed by atoms with Crippen LogP contribution in [0.25, 0.3) is 0 Å². The molecule has 2 saturated heterocycles. The van der Waals surface area contributed by atoms with E-state index < -0.39 is 0 Å². The first-order valence-electron chi connectivity index (χ1n) is 8.65. The van der Waals surface area contributed by atoms with E-state index in [1.807, 2.05) is 0 Å². The Kier molecular flexibility index (Phi) is 4.37. The van der Waals surface area contributed by atoms with Gasteiger partial charge in [-0.3, -0.25) is 4.79 Å². The van der Waals surface area contributed by atoms with Crippen LogP contribution in [0.1, 0.15) is 60.8 Å². The fourth-order valence-corrected chi connectivity index (χ4v) is 4.20. The topological polar surface area (TPSA) is 55.3 Å². The maximum absolute atomic E-state index is 13.1. The van der Waals surface area contributed by atoms with Crippen LogP contribution in [0.2, 0.25) is 0 Å². The van der Waals surface area contributed by atoms with Crippen LogP contribution >= 0.6 is 15.9 Å². The molecular weight excluding hydrogens is 358 g/mol. The summed E-state index contributed by atoms with van der Waals surface area (Å²) in [6, 6.07) is 0.345. The molecule has 1 atom stereocenters. The number of halogens is 1. The highest BCUT2D eigenvalue weighted by Crippen LogP contribution is 2.39. The van der Waals surface area contributed by atoms with Crippen molar-refractivity contribution in [1.29, 1.82) is 0 Å². The van der Waals surface area contributed by atoms with Crippen LogP contribution in [-0.4, -0.2) is 46.6 Å². The average molecular weight is 380 g/mol. The number of carbonyl (C=O) groups excluding carboxylic acids is 1. The molecule has 0 radical (unpaired) electrons. The molecule has 5 nitrogen and oxygen atoms in total. The molecule has 6 heteroatoms. The fourth-order valence-electron chi connectivity index (χ4n) is 3.84. The summed E-state index contributed by atoms with van der Waals surface area (Å²) in [6.45, 7) is 2.49. The van der Waals surface area contributed by atoms with Gasteiger partial charge in [0, 0.05) is 37.9 Å². The lowest BCUT2D eigenvalue weighted by Crippen LogP contribution is -2.42. The predicted molar refractivity (Wildman–Crippen MR) is 89.3 cm³/mol. The zero-order valence-electron chi connectivity index (χ0n) is 13.2. The highest BCUT2D eigenvalue weighted by Gasteiger charge is 2.37. The van der Waals surface area contributed by atoms with Crippen molar-refractivity contribution in [1.82, 2.24) is 14.9 Å². The van der Waals surface area contributed by atoms with E-state index in [0.29, 0.717) is 28.0 Å². The minimum atomic E-state index is 0.0650. The van der Waals surface area contributed by atoms with Gasteiger partial charge in [0.2, 0.25) is 0 Å². The van der Waals surface area contributed by atoms with E-state index in [1.165, 1.54) is 0 Å². The number of rotatable bonds is 3. The minimum Gasteiger partial charge on any atom is -0.381 e.